The molecular weight excluding hydrogens is 386 g/mol. The Morgan fingerprint density at radius 3 is 2.93 bits per heavy atom. The third kappa shape index (κ3) is 3.79. The normalized spacial score (nSPS) is 16.5. The van der Waals surface area contributed by atoms with Crippen molar-refractivity contribution in [2.24, 2.45) is 17.5 Å². The quantitative estimate of drug-likeness (QED) is 0.421. The van der Waals surface area contributed by atoms with E-state index in [4.69, 9.17) is 21.1 Å². The number of nitrogens with zero attached hydrogens (tertiary/aromatic N) is 7. The molecule has 1 aliphatic heterocycles. The van der Waals surface area contributed by atoms with Crippen LogP contribution in [0, 0.1) is 5.92 Å². The van der Waals surface area contributed by atoms with Gasteiger partial charge in [-0.25, -0.2) is 20.3 Å². The number of imidazole rings is 1. The molecule has 0 aliphatic carbocycles. The number of anilines is 1. The van der Waals surface area contributed by atoms with Gasteiger partial charge in [0.1, 0.15) is 5.69 Å². The van der Waals surface area contributed by atoms with Gasteiger partial charge in [-0.15, -0.1) is 0 Å². The molecule has 0 bridgehead atoms. The maximum Gasteiger partial charge on any atom is 0.319 e. The third-order valence-corrected chi connectivity index (χ3v) is 5.10. The fraction of sp³-hybridized carbons (Fsp3) is 0.368. The first kappa shape index (κ1) is 19.7. The molecule has 0 saturated carbocycles. The van der Waals surface area contributed by atoms with Crippen molar-refractivity contribution in [2.75, 3.05) is 38.8 Å². The highest BCUT2D eigenvalue weighted by Crippen LogP contribution is 2.33. The molecule has 3 aromatic heterocycles. The minimum atomic E-state index is 0.236. The Labute approximate surface area is 173 Å². The number of hydrogen-bond acceptors (Lipinski definition) is 10. The Morgan fingerprint density at radius 2 is 2.17 bits per heavy atom. The number of aromatic nitrogens is 5. The van der Waals surface area contributed by atoms with E-state index in [1.807, 2.05) is 12.3 Å². The first-order chi connectivity index (χ1) is 14.6. The molecule has 3 aromatic rings. The summed E-state index contributed by atoms with van der Waals surface area (Å²) in [5, 5.41) is 6.29. The van der Waals surface area contributed by atoms with Gasteiger partial charge in [-0.3, -0.25) is 0 Å². The molecule has 0 amide bonds. The standard InChI is InChI=1S/C19H25N9O2/c1-29-18-14(10-23-19(24-18)30-2)15-9-16(17-22-5-8-28(17)25-15)26-6-3-13(11-26)12-27(21)7-4-20/h4-5,7-10,13H,3,6,11-12,20-21H2,1-2H3/b7-4-. The highest BCUT2D eigenvalue weighted by atomic mass is 16.5. The average Bonchev–Trinajstić information content (AvgIpc) is 3.42. The van der Waals surface area contributed by atoms with Crippen LogP contribution in [0.4, 0.5) is 5.69 Å². The summed E-state index contributed by atoms with van der Waals surface area (Å²) in [7, 11) is 3.07. The minimum Gasteiger partial charge on any atom is -0.480 e. The maximum absolute atomic E-state index is 5.96. The van der Waals surface area contributed by atoms with Crippen LogP contribution < -0.4 is 25.9 Å². The van der Waals surface area contributed by atoms with Crippen LogP contribution in [-0.4, -0.2) is 63.4 Å². The smallest absolute Gasteiger partial charge is 0.319 e. The lowest BCUT2D eigenvalue weighted by atomic mass is 10.1. The summed E-state index contributed by atoms with van der Waals surface area (Å²) in [6.07, 6.45) is 9.35. The van der Waals surface area contributed by atoms with Gasteiger partial charge in [0.2, 0.25) is 5.88 Å². The van der Waals surface area contributed by atoms with Crippen LogP contribution in [0.1, 0.15) is 6.42 Å². The van der Waals surface area contributed by atoms with Crippen LogP contribution in [0.2, 0.25) is 0 Å². The Bertz CT molecular complexity index is 1050. The van der Waals surface area contributed by atoms with E-state index in [2.05, 4.69) is 25.0 Å². The third-order valence-electron chi connectivity index (χ3n) is 5.10. The average molecular weight is 411 g/mol. The van der Waals surface area contributed by atoms with Crippen LogP contribution in [0.15, 0.2) is 37.1 Å². The fourth-order valence-corrected chi connectivity index (χ4v) is 3.71. The van der Waals surface area contributed by atoms with Gasteiger partial charge >= 0.3 is 6.01 Å². The molecule has 0 spiro atoms. The first-order valence-electron chi connectivity index (χ1n) is 9.57. The molecule has 1 aliphatic rings. The van der Waals surface area contributed by atoms with E-state index >= 15 is 0 Å². The molecule has 11 heteroatoms. The highest BCUT2D eigenvalue weighted by Gasteiger charge is 2.26. The van der Waals surface area contributed by atoms with Crippen LogP contribution in [0.5, 0.6) is 11.9 Å². The van der Waals surface area contributed by atoms with Crippen molar-refractivity contribution >= 4 is 11.3 Å². The molecule has 1 unspecified atom stereocenters. The highest BCUT2D eigenvalue weighted by molar-refractivity contribution is 5.76. The Hall–Kier alpha value is -3.60. The zero-order valence-corrected chi connectivity index (χ0v) is 17.0. The molecule has 1 fully saturated rings. The van der Waals surface area contributed by atoms with Crippen molar-refractivity contribution in [2.45, 2.75) is 6.42 Å². The van der Waals surface area contributed by atoms with Crippen molar-refractivity contribution in [3.8, 4) is 23.1 Å². The van der Waals surface area contributed by atoms with Gasteiger partial charge < -0.3 is 25.1 Å². The van der Waals surface area contributed by atoms with E-state index in [1.54, 1.807) is 35.2 Å². The van der Waals surface area contributed by atoms with Gasteiger partial charge in [-0.05, 0) is 18.4 Å². The Morgan fingerprint density at radius 1 is 1.30 bits per heavy atom. The number of methoxy groups -OCH3 is 2. The van der Waals surface area contributed by atoms with Gasteiger partial charge in [0.15, 0.2) is 5.65 Å². The topological polar surface area (TPSA) is 133 Å². The summed E-state index contributed by atoms with van der Waals surface area (Å²) in [5.41, 5.74) is 8.57. The molecule has 11 nitrogen and oxygen atoms in total. The molecular formula is C19H25N9O2. The summed E-state index contributed by atoms with van der Waals surface area (Å²) >= 11 is 0. The predicted molar refractivity (Wildman–Crippen MR) is 112 cm³/mol. The molecule has 4 rings (SSSR count). The molecule has 1 atom stereocenters. The lowest BCUT2D eigenvalue weighted by molar-refractivity contribution is 0.329. The van der Waals surface area contributed by atoms with Crippen molar-refractivity contribution in [1.29, 1.82) is 0 Å². The number of hydrogen-bond donors (Lipinski definition) is 2. The number of rotatable bonds is 7. The lowest BCUT2D eigenvalue weighted by Gasteiger charge is -2.22. The summed E-state index contributed by atoms with van der Waals surface area (Å²) in [6.45, 7) is 2.48. The van der Waals surface area contributed by atoms with E-state index in [-0.39, 0.29) is 6.01 Å². The largest absolute Gasteiger partial charge is 0.480 e. The molecule has 0 aromatic carbocycles. The fourth-order valence-electron chi connectivity index (χ4n) is 3.71. The van der Waals surface area contributed by atoms with Gasteiger partial charge in [0.05, 0.1) is 25.5 Å². The van der Waals surface area contributed by atoms with Gasteiger partial charge in [-0.2, -0.15) is 10.1 Å². The minimum absolute atomic E-state index is 0.236. The SMILES string of the molecule is COc1ncc(-c2cc(N3CCC(CN(N)/C=C\N)C3)c3nccn3n2)c(OC)n1. The Kier molecular flexibility index (Phi) is 5.53. The molecule has 1 saturated heterocycles. The number of ether oxygens (including phenoxy) is 2. The van der Waals surface area contributed by atoms with Crippen molar-refractivity contribution in [3.63, 3.8) is 0 Å². The molecule has 30 heavy (non-hydrogen) atoms. The summed E-state index contributed by atoms with van der Waals surface area (Å²) in [4.78, 5) is 15.3. The zero-order valence-electron chi connectivity index (χ0n) is 17.0. The predicted octanol–water partition coefficient (Wildman–Crippen LogP) is 0.635. The van der Waals surface area contributed by atoms with E-state index in [0.29, 0.717) is 23.1 Å². The maximum atomic E-state index is 5.96. The summed E-state index contributed by atoms with van der Waals surface area (Å²) in [5.74, 6) is 6.77. The number of fused-ring (bicyclic) bond motifs is 1. The van der Waals surface area contributed by atoms with Crippen LogP contribution >= 0.6 is 0 Å². The molecule has 4 heterocycles. The first-order valence-corrected chi connectivity index (χ1v) is 9.57. The van der Waals surface area contributed by atoms with E-state index < -0.39 is 0 Å². The zero-order chi connectivity index (χ0) is 21.1. The van der Waals surface area contributed by atoms with Crippen LogP contribution in [0.3, 0.4) is 0 Å². The second-order valence-corrected chi connectivity index (χ2v) is 7.03. The second kappa shape index (κ2) is 8.41. The van der Waals surface area contributed by atoms with Crippen molar-refractivity contribution in [3.05, 3.63) is 37.1 Å². The van der Waals surface area contributed by atoms with Crippen LogP contribution in [-0.2, 0) is 0 Å². The van der Waals surface area contributed by atoms with E-state index in [0.717, 1.165) is 37.4 Å². The molecule has 0 radical (unpaired) electrons. The van der Waals surface area contributed by atoms with Crippen LogP contribution in [0.25, 0.3) is 16.9 Å². The number of nitrogens with two attached hydrogens (primary N) is 2. The van der Waals surface area contributed by atoms with Gasteiger partial charge in [-0.1, -0.05) is 0 Å². The number of hydrazine groups is 1. The lowest BCUT2D eigenvalue weighted by Crippen LogP contribution is -2.32. The van der Waals surface area contributed by atoms with Crippen molar-refractivity contribution in [1.82, 2.24) is 29.6 Å². The van der Waals surface area contributed by atoms with E-state index in [1.165, 1.54) is 13.3 Å². The molecule has 4 N–H and O–H groups in total. The summed E-state index contributed by atoms with van der Waals surface area (Å²) in [6, 6.07) is 2.23. The van der Waals surface area contributed by atoms with Gasteiger partial charge in [0.25, 0.3) is 0 Å². The Balaban J connectivity index is 1.68. The second-order valence-electron chi connectivity index (χ2n) is 7.03. The van der Waals surface area contributed by atoms with Crippen molar-refractivity contribution < 1.29 is 9.47 Å². The summed E-state index contributed by atoms with van der Waals surface area (Å²) < 4.78 is 12.3. The monoisotopic (exact) mass is 411 g/mol. The van der Waals surface area contributed by atoms with Gasteiger partial charge in [0, 0.05) is 50.6 Å². The van der Waals surface area contributed by atoms with E-state index in [9.17, 15) is 0 Å². The molecule has 158 valence electrons.